The number of ether oxygens (including phenoxy) is 4. The first-order valence-corrected chi connectivity index (χ1v) is 34.2. The molecule has 0 radical (unpaired) electrons. The number of carbonyl (C=O) groups excluding carboxylic acids is 1. The van der Waals surface area contributed by atoms with E-state index in [1.54, 1.807) is 6.08 Å². The summed E-state index contributed by atoms with van der Waals surface area (Å²) in [6, 6.07) is -0.915. The maximum Gasteiger partial charge on any atom is 0.220 e. The maximum absolute atomic E-state index is 13.3. The van der Waals surface area contributed by atoms with Crippen molar-refractivity contribution in [2.75, 3.05) is 19.8 Å². The summed E-state index contributed by atoms with van der Waals surface area (Å²) in [6.07, 6.45) is 50.4. The standard InChI is InChI=1S/C68H127NO13/c1-3-5-7-9-11-13-15-17-19-21-23-25-26-27-28-29-30-32-34-36-38-40-42-44-46-48-50-52-60(73)69-56(57(72)51-49-47-45-43-41-39-37-35-33-31-24-22-20-18-16-14-12-10-8-6-4-2)55-79-67-65(78)63(76)66(59(54-71)81-67)82-68-64(77)62(75)61(74)58(53-70)80-68/h15,17,21,23,49,51,56-59,61-68,70-72,74-78H,3-14,16,18-20,22,24-48,50,52-55H2,1-2H3,(H,69,73)/b17-15-,23-21-,51-49+. The quantitative estimate of drug-likeness (QED) is 0.0204. The van der Waals surface area contributed by atoms with E-state index in [1.807, 2.05) is 6.08 Å². The van der Waals surface area contributed by atoms with E-state index in [2.05, 4.69) is 43.5 Å². The summed E-state index contributed by atoms with van der Waals surface area (Å²) in [5, 5.41) is 87.4. The Labute approximate surface area is 500 Å². The second-order valence-corrected chi connectivity index (χ2v) is 24.3. The van der Waals surface area contributed by atoms with Gasteiger partial charge < -0.3 is 65.1 Å². The molecule has 9 N–H and O–H groups in total. The number of hydrogen-bond donors (Lipinski definition) is 9. The van der Waals surface area contributed by atoms with Crippen LogP contribution in [0.4, 0.5) is 0 Å². The number of rotatable bonds is 56. The van der Waals surface area contributed by atoms with Crippen molar-refractivity contribution in [1.82, 2.24) is 5.32 Å². The van der Waals surface area contributed by atoms with Gasteiger partial charge in [0.25, 0.3) is 0 Å². The zero-order valence-electron chi connectivity index (χ0n) is 52.2. The van der Waals surface area contributed by atoms with Crippen LogP contribution >= 0.6 is 0 Å². The van der Waals surface area contributed by atoms with Crippen molar-refractivity contribution in [3.8, 4) is 0 Å². The van der Waals surface area contributed by atoms with Crippen molar-refractivity contribution in [3.05, 3.63) is 36.5 Å². The Bertz CT molecular complexity index is 1510. The van der Waals surface area contributed by atoms with E-state index in [4.69, 9.17) is 18.9 Å². The third kappa shape index (κ3) is 37.7. The number of aliphatic hydroxyl groups excluding tert-OH is 8. The first kappa shape index (κ1) is 76.3. The molecule has 82 heavy (non-hydrogen) atoms. The van der Waals surface area contributed by atoms with Gasteiger partial charge in [-0.3, -0.25) is 4.79 Å². The number of allylic oxidation sites excluding steroid dienone is 5. The number of amides is 1. The first-order chi connectivity index (χ1) is 40.1. The molecule has 2 saturated heterocycles. The van der Waals surface area contributed by atoms with Gasteiger partial charge in [-0.05, 0) is 51.4 Å². The monoisotopic (exact) mass is 1170 g/mol. The van der Waals surface area contributed by atoms with Gasteiger partial charge in [-0.2, -0.15) is 0 Å². The Hall–Kier alpha value is -1.79. The number of hydrogen-bond acceptors (Lipinski definition) is 13. The number of carbonyl (C=O) groups is 1. The van der Waals surface area contributed by atoms with E-state index >= 15 is 0 Å². The van der Waals surface area contributed by atoms with Crippen molar-refractivity contribution < 1.29 is 64.6 Å². The lowest BCUT2D eigenvalue weighted by atomic mass is 9.97. The van der Waals surface area contributed by atoms with Crippen LogP contribution in [0.5, 0.6) is 0 Å². The molecule has 482 valence electrons. The number of unbranched alkanes of at least 4 members (excludes halogenated alkanes) is 39. The van der Waals surface area contributed by atoms with E-state index in [0.717, 1.165) is 44.9 Å². The van der Waals surface area contributed by atoms with Gasteiger partial charge in [0.05, 0.1) is 32.0 Å². The van der Waals surface area contributed by atoms with Crippen LogP contribution in [-0.4, -0.2) is 140 Å². The van der Waals surface area contributed by atoms with Crippen molar-refractivity contribution in [2.45, 2.75) is 370 Å². The minimum absolute atomic E-state index is 0.235. The molecule has 0 aromatic carbocycles. The Balaban J connectivity index is 1.69. The molecule has 14 heteroatoms. The van der Waals surface area contributed by atoms with Gasteiger partial charge in [-0.15, -0.1) is 0 Å². The summed E-state index contributed by atoms with van der Waals surface area (Å²) < 4.78 is 22.9. The topological polar surface area (TPSA) is 228 Å². The molecule has 0 aromatic rings. The van der Waals surface area contributed by atoms with E-state index in [0.29, 0.717) is 6.42 Å². The largest absolute Gasteiger partial charge is 0.394 e. The zero-order valence-corrected chi connectivity index (χ0v) is 52.2. The lowest BCUT2D eigenvalue weighted by molar-refractivity contribution is -0.359. The molecule has 2 rings (SSSR count). The fourth-order valence-electron chi connectivity index (χ4n) is 11.3. The summed E-state index contributed by atoms with van der Waals surface area (Å²) in [5.41, 5.74) is 0. The molecule has 2 heterocycles. The van der Waals surface area contributed by atoms with E-state index in [-0.39, 0.29) is 18.9 Å². The molecule has 0 spiro atoms. The fourth-order valence-corrected chi connectivity index (χ4v) is 11.3. The van der Waals surface area contributed by atoms with Crippen molar-refractivity contribution in [1.29, 1.82) is 0 Å². The molecular formula is C68H127NO13. The third-order valence-corrected chi connectivity index (χ3v) is 16.8. The maximum atomic E-state index is 13.3. The number of aliphatic hydroxyl groups is 8. The van der Waals surface area contributed by atoms with Gasteiger partial charge in [-0.1, -0.05) is 275 Å². The van der Waals surface area contributed by atoms with Crippen LogP contribution in [-0.2, 0) is 23.7 Å². The van der Waals surface area contributed by atoms with Crippen LogP contribution in [0.15, 0.2) is 36.5 Å². The predicted molar refractivity (Wildman–Crippen MR) is 332 cm³/mol. The van der Waals surface area contributed by atoms with Gasteiger partial charge in [0, 0.05) is 6.42 Å². The zero-order chi connectivity index (χ0) is 59.5. The van der Waals surface area contributed by atoms with Crippen LogP contribution in [0.1, 0.15) is 296 Å². The Morgan fingerprint density at radius 2 is 0.805 bits per heavy atom. The van der Waals surface area contributed by atoms with Crippen molar-refractivity contribution in [2.24, 2.45) is 0 Å². The van der Waals surface area contributed by atoms with E-state index in [9.17, 15) is 45.6 Å². The summed E-state index contributed by atoms with van der Waals surface area (Å²) >= 11 is 0. The molecule has 12 unspecified atom stereocenters. The van der Waals surface area contributed by atoms with Gasteiger partial charge >= 0.3 is 0 Å². The Morgan fingerprint density at radius 3 is 1.22 bits per heavy atom. The van der Waals surface area contributed by atoms with Gasteiger partial charge in [0.15, 0.2) is 12.6 Å². The Morgan fingerprint density at radius 1 is 0.439 bits per heavy atom. The van der Waals surface area contributed by atoms with Crippen LogP contribution in [0, 0.1) is 0 Å². The molecule has 14 nitrogen and oxygen atoms in total. The summed E-state index contributed by atoms with van der Waals surface area (Å²) in [5.74, 6) is -0.235. The molecular weight excluding hydrogens is 1040 g/mol. The second kappa shape index (κ2) is 53.4. The summed E-state index contributed by atoms with van der Waals surface area (Å²) in [7, 11) is 0. The first-order valence-electron chi connectivity index (χ1n) is 34.2. The molecule has 2 fully saturated rings. The van der Waals surface area contributed by atoms with Crippen LogP contribution < -0.4 is 5.32 Å². The molecule has 0 aliphatic carbocycles. The summed E-state index contributed by atoms with van der Waals surface area (Å²) in [6.45, 7) is 2.83. The normalized spacial score (nSPS) is 24.1. The van der Waals surface area contributed by atoms with E-state index < -0.39 is 86.8 Å². The predicted octanol–water partition coefficient (Wildman–Crippen LogP) is 13.3. The van der Waals surface area contributed by atoms with Crippen LogP contribution in [0.25, 0.3) is 0 Å². The molecule has 2 aliphatic heterocycles. The van der Waals surface area contributed by atoms with Gasteiger partial charge in [0.1, 0.15) is 48.8 Å². The second-order valence-electron chi connectivity index (χ2n) is 24.3. The molecule has 12 atom stereocenters. The smallest absolute Gasteiger partial charge is 0.220 e. The molecule has 0 aromatic heterocycles. The summed E-state index contributed by atoms with van der Waals surface area (Å²) in [4.78, 5) is 13.3. The highest BCUT2D eigenvalue weighted by Gasteiger charge is 2.51. The molecule has 0 saturated carbocycles. The minimum atomic E-state index is -1.79. The molecule has 1 amide bonds. The minimum Gasteiger partial charge on any atom is -0.394 e. The van der Waals surface area contributed by atoms with Crippen LogP contribution in [0.2, 0.25) is 0 Å². The lowest BCUT2D eigenvalue weighted by Crippen LogP contribution is -2.65. The third-order valence-electron chi connectivity index (χ3n) is 16.8. The highest BCUT2D eigenvalue weighted by molar-refractivity contribution is 5.76. The van der Waals surface area contributed by atoms with Crippen molar-refractivity contribution in [3.63, 3.8) is 0 Å². The number of nitrogens with one attached hydrogen (secondary N) is 1. The molecule has 0 bridgehead atoms. The van der Waals surface area contributed by atoms with Crippen molar-refractivity contribution >= 4 is 5.91 Å². The Kier molecular flexibility index (Phi) is 49.7. The average molecular weight is 1170 g/mol. The SMILES string of the molecule is CCCCCCC/C=C\C/C=C\CCCCCCCCCCCCCCCCCC(=O)NC(COC1OC(CO)C(OC2OC(CO)C(O)C(O)C2O)C(O)C1O)C(O)/C=C/CCCCCCCCCCCCCCCCCCCCC. The van der Waals surface area contributed by atoms with Gasteiger partial charge in [-0.25, -0.2) is 0 Å². The van der Waals surface area contributed by atoms with E-state index in [1.165, 1.54) is 225 Å². The van der Waals surface area contributed by atoms with Gasteiger partial charge in [0.2, 0.25) is 5.91 Å². The lowest BCUT2D eigenvalue weighted by Gasteiger charge is -2.46. The molecule has 2 aliphatic rings. The average Bonchev–Trinajstić information content (AvgIpc) is 3.67. The van der Waals surface area contributed by atoms with Crippen LogP contribution in [0.3, 0.4) is 0 Å². The highest BCUT2D eigenvalue weighted by atomic mass is 16.7. The fraction of sp³-hybridized carbons (Fsp3) is 0.897. The highest BCUT2D eigenvalue weighted by Crippen LogP contribution is 2.30.